The summed E-state index contributed by atoms with van der Waals surface area (Å²) < 4.78 is 29.8. The van der Waals surface area contributed by atoms with Crippen molar-refractivity contribution in [2.24, 2.45) is 4.99 Å². The van der Waals surface area contributed by atoms with E-state index in [1.165, 1.54) is 22.7 Å². The van der Waals surface area contributed by atoms with Crippen LogP contribution in [0.3, 0.4) is 0 Å². The van der Waals surface area contributed by atoms with Crippen LogP contribution in [-0.2, 0) is 16.1 Å². The number of hydrogen-bond acceptors (Lipinski definition) is 10. The summed E-state index contributed by atoms with van der Waals surface area (Å²) >= 11 is 2.75. The third kappa shape index (κ3) is 5.14. The van der Waals surface area contributed by atoms with Crippen molar-refractivity contribution in [3.8, 4) is 23.0 Å². The van der Waals surface area contributed by atoms with Gasteiger partial charge in [0.05, 0.1) is 29.5 Å². The van der Waals surface area contributed by atoms with E-state index in [0.29, 0.717) is 44.5 Å². The lowest BCUT2D eigenvalue weighted by atomic mass is 10.0. The summed E-state index contributed by atoms with van der Waals surface area (Å²) in [4.78, 5) is 32.7. The molecule has 0 N–H and O–H groups in total. The summed E-state index contributed by atoms with van der Waals surface area (Å²) in [6.07, 6.45) is 1.79. The summed E-state index contributed by atoms with van der Waals surface area (Å²) in [6.45, 7) is 4.29. The fourth-order valence-electron chi connectivity index (χ4n) is 4.74. The van der Waals surface area contributed by atoms with Crippen LogP contribution in [0.15, 0.2) is 75.0 Å². The van der Waals surface area contributed by atoms with Crippen LogP contribution in [0.5, 0.6) is 23.0 Å². The van der Waals surface area contributed by atoms with E-state index in [2.05, 4.69) is 4.99 Å². The molecule has 0 amide bonds. The highest BCUT2D eigenvalue weighted by Gasteiger charge is 2.33. The van der Waals surface area contributed by atoms with Crippen LogP contribution in [0.2, 0.25) is 0 Å². The Morgan fingerprint density at radius 1 is 1.15 bits per heavy atom. The highest BCUT2D eigenvalue weighted by Crippen LogP contribution is 2.35. The summed E-state index contributed by atoms with van der Waals surface area (Å²) in [5.41, 5.74) is 2.37. The molecule has 0 saturated carbocycles. The smallest absolute Gasteiger partial charge is 0.338 e. The zero-order valence-corrected chi connectivity index (χ0v) is 24.2. The molecule has 9 nitrogen and oxygen atoms in total. The Morgan fingerprint density at radius 3 is 2.78 bits per heavy atom. The van der Waals surface area contributed by atoms with Gasteiger partial charge in [0, 0.05) is 4.88 Å². The van der Waals surface area contributed by atoms with Gasteiger partial charge in [0.15, 0.2) is 27.8 Å². The SMILES string of the molecule is CCOC(=O)C1=C(C)N=c2sc(=Cc3ccc(OCc4ccc5c(c4)OCO5)c(OC)c3)c(=O)n2[C@@H]1c1cccs1. The molecule has 1 atom stereocenters. The Balaban J connectivity index is 1.32. The average molecular weight is 591 g/mol. The van der Waals surface area contributed by atoms with Crippen LogP contribution >= 0.6 is 22.7 Å². The van der Waals surface area contributed by atoms with Crippen LogP contribution in [0, 0.1) is 0 Å². The van der Waals surface area contributed by atoms with E-state index < -0.39 is 12.0 Å². The first-order valence-electron chi connectivity index (χ1n) is 12.9. The van der Waals surface area contributed by atoms with Crippen LogP contribution in [0.4, 0.5) is 0 Å². The lowest BCUT2D eigenvalue weighted by Gasteiger charge is -2.23. The lowest BCUT2D eigenvalue weighted by molar-refractivity contribution is -0.139. The van der Waals surface area contributed by atoms with Crippen molar-refractivity contribution in [3.63, 3.8) is 0 Å². The van der Waals surface area contributed by atoms with Crippen molar-refractivity contribution in [2.45, 2.75) is 26.5 Å². The number of carbonyl (C=O) groups is 1. The van der Waals surface area contributed by atoms with Crippen LogP contribution in [-0.4, -0.2) is 31.0 Å². The number of thiazole rings is 1. The number of fused-ring (bicyclic) bond motifs is 2. The second-order valence-electron chi connectivity index (χ2n) is 9.20. The number of hydrogen-bond donors (Lipinski definition) is 0. The van der Waals surface area contributed by atoms with Crippen molar-refractivity contribution in [1.29, 1.82) is 0 Å². The Morgan fingerprint density at radius 2 is 2.00 bits per heavy atom. The standard InChI is InChI=1S/C30H26N2O7S2/c1-4-36-29(34)26-17(2)31-30-32(27(26)24-6-5-11-40-24)28(33)25(41-30)14-18-7-9-20(22(12-18)35-3)37-15-19-8-10-21-23(13-19)39-16-38-21/h5-14,27H,4,15-16H2,1-3H3/t27-/m1/s1. The highest BCUT2D eigenvalue weighted by molar-refractivity contribution is 7.10. The van der Waals surface area contributed by atoms with E-state index in [1.807, 2.05) is 53.9 Å². The predicted octanol–water partition coefficient (Wildman–Crippen LogP) is 4.18. The topological polar surface area (TPSA) is 97.6 Å². The van der Waals surface area contributed by atoms with Crippen LogP contribution < -0.4 is 33.8 Å². The van der Waals surface area contributed by atoms with E-state index in [0.717, 1.165) is 21.8 Å². The number of carbonyl (C=O) groups excluding carboxylic acids is 1. The molecule has 41 heavy (non-hydrogen) atoms. The number of nitrogens with zero attached hydrogens (tertiary/aromatic N) is 2. The van der Waals surface area contributed by atoms with Gasteiger partial charge in [0.1, 0.15) is 12.6 Å². The van der Waals surface area contributed by atoms with E-state index in [1.54, 1.807) is 31.6 Å². The fraction of sp³-hybridized carbons (Fsp3) is 0.233. The summed E-state index contributed by atoms with van der Waals surface area (Å²) in [5.74, 6) is 2.04. The molecular weight excluding hydrogens is 564 g/mol. The van der Waals surface area contributed by atoms with Crippen LogP contribution in [0.1, 0.15) is 35.9 Å². The van der Waals surface area contributed by atoms with Gasteiger partial charge in [-0.2, -0.15) is 0 Å². The van der Waals surface area contributed by atoms with Crippen molar-refractivity contribution in [3.05, 3.63) is 101 Å². The van der Waals surface area contributed by atoms with Gasteiger partial charge in [-0.05, 0) is 66.8 Å². The second kappa shape index (κ2) is 11.3. The fourth-order valence-corrected chi connectivity index (χ4v) is 6.61. The molecule has 0 fully saturated rings. The predicted molar refractivity (Wildman–Crippen MR) is 155 cm³/mol. The first-order chi connectivity index (χ1) is 20.0. The molecule has 0 radical (unpaired) electrons. The van der Waals surface area contributed by atoms with E-state index in [4.69, 9.17) is 23.7 Å². The molecule has 210 valence electrons. The molecule has 4 heterocycles. The average Bonchev–Trinajstić information content (AvgIpc) is 3.73. The minimum Gasteiger partial charge on any atom is -0.493 e. The number of esters is 1. The Bertz CT molecular complexity index is 1840. The van der Waals surface area contributed by atoms with E-state index in [-0.39, 0.29) is 19.0 Å². The summed E-state index contributed by atoms with van der Waals surface area (Å²) in [6, 6.07) is 14.4. The highest BCUT2D eigenvalue weighted by atomic mass is 32.1. The number of ether oxygens (including phenoxy) is 5. The van der Waals surface area contributed by atoms with E-state index in [9.17, 15) is 9.59 Å². The maximum atomic E-state index is 13.8. The maximum absolute atomic E-state index is 13.8. The number of allylic oxidation sites excluding steroid dienone is 1. The number of benzene rings is 2. The van der Waals surface area contributed by atoms with Crippen LogP contribution in [0.25, 0.3) is 6.08 Å². The van der Waals surface area contributed by atoms with Gasteiger partial charge in [-0.1, -0.05) is 29.5 Å². The quantitative estimate of drug-likeness (QED) is 0.284. The van der Waals surface area contributed by atoms with Crippen molar-refractivity contribution >= 4 is 34.7 Å². The molecule has 6 rings (SSSR count). The van der Waals surface area contributed by atoms with Crippen molar-refractivity contribution in [2.75, 3.05) is 20.5 Å². The maximum Gasteiger partial charge on any atom is 0.338 e. The van der Waals surface area contributed by atoms with Gasteiger partial charge in [-0.15, -0.1) is 11.3 Å². The molecule has 4 aromatic rings. The summed E-state index contributed by atoms with van der Waals surface area (Å²) in [7, 11) is 1.57. The minimum atomic E-state index is -0.603. The van der Waals surface area contributed by atoms with Gasteiger partial charge in [0.25, 0.3) is 5.56 Å². The van der Waals surface area contributed by atoms with E-state index >= 15 is 0 Å². The molecule has 11 heteroatoms. The third-order valence-electron chi connectivity index (χ3n) is 6.65. The molecule has 0 unspecified atom stereocenters. The molecule has 0 saturated heterocycles. The Hall–Kier alpha value is -4.35. The third-order valence-corrected chi connectivity index (χ3v) is 8.55. The number of aromatic nitrogens is 1. The van der Waals surface area contributed by atoms with Gasteiger partial charge in [0.2, 0.25) is 6.79 Å². The first-order valence-corrected chi connectivity index (χ1v) is 14.6. The lowest BCUT2D eigenvalue weighted by Crippen LogP contribution is -2.39. The minimum absolute atomic E-state index is 0.216. The number of rotatable bonds is 8. The monoisotopic (exact) mass is 590 g/mol. The normalized spacial score (nSPS) is 15.9. The number of thiophene rings is 1. The molecule has 0 aliphatic carbocycles. The largest absolute Gasteiger partial charge is 0.493 e. The Labute approximate surface area is 243 Å². The molecule has 2 aromatic heterocycles. The zero-order chi connectivity index (χ0) is 28.5. The van der Waals surface area contributed by atoms with Gasteiger partial charge in [-0.3, -0.25) is 9.36 Å². The van der Waals surface area contributed by atoms with Gasteiger partial charge >= 0.3 is 5.97 Å². The van der Waals surface area contributed by atoms with Gasteiger partial charge < -0.3 is 23.7 Å². The molecule has 2 aliphatic heterocycles. The zero-order valence-electron chi connectivity index (χ0n) is 22.5. The molecule has 2 aliphatic rings. The molecule has 0 spiro atoms. The Kier molecular flexibility index (Phi) is 7.38. The molecule has 2 aromatic carbocycles. The van der Waals surface area contributed by atoms with Crippen molar-refractivity contribution < 1.29 is 28.5 Å². The van der Waals surface area contributed by atoms with Crippen molar-refractivity contribution in [1.82, 2.24) is 4.57 Å². The first kappa shape index (κ1) is 26.9. The molecule has 0 bridgehead atoms. The molecular formula is C30H26N2O7S2. The number of methoxy groups -OCH3 is 1. The second-order valence-corrected chi connectivity index (χ2v) is 11.2. The summed E-state index contributed by atoms with van der Waals surface area (Å²) in [5, 5.41) is 1.92. The van der Waals surface area contributed by atoms with Gasteiger partial charge in [-0.25, -0.2) is 9.79 Å².